The van der Waals surface area contributed by atoms with E-state index in [0.29, 0.717) is 17.4 Å². The number of rotatable bonds is 0. The van der Waals surface area contributed by atoms with Crippen molar-refractivity contribution in [3.8, 4) is 0 Å². The Morgan fingerprint density at radius 2 is 1.76 bits per heavy atom. The van der Waals surface area contributed by atoms with Gasteiger partial charge in [-0.25, -0.2) is 0 Å². The predicted octanol–water partition coefficient (Wildman–Crippen LogP) is 5.04. The molecule has 0 aromatic carbocycles. The van der Waals surface area contributed by atoms with E-state index >= 15 is 0 Å². The number of hydrogen-bond donors (Lipinski definition) is 3. The molecule has 3 saturated carbocycles. The van der Waals surface area contributed by atoms with E-state index in [1.807, 2.05) is 6.92 Å². The van der Waals surface area contributed by atoms with Crippen molar-refractivity contribution >= 4 is 12.2 Å². The first-order chi connectivity index (χ1) is 15.4. The van der Waals surface area contributed by atoms with Crippen LogP contribution in [-0.4, -0.2) is 22.8 Å². The van der Waals surface area contributed by atoms with Gasteiger partial charge in [-0.1, -0.05) is 51.8 Å². The Labute approximate surface area is 198 Å². The van der Waals surface area contributed by atoms with Gasteiger partial charge in [0.2, 0.25) is 12.2 Å². The lowest BCUT2D eigenvalue weighted by Gasteiger charge is -2.68. The van der Waals surface area contributed by atoms with E-state index in [1.54, 1.807) is 6.08 Å². The van der Waals surface area contributed by atoms with Gasteiger partial charge in [-0.3, -0.25) is 9.59 Å². The molecule has 5 heteroatoms. The molecular formula is C28H40N2O3. The van der Waals surface area contributed by atoms with Crippen molar-refractivity contribution in [3.63, 3.8) is 0 Å². The highest BCUT2D eigenvalue weighted by atomic mass is 16.3. The smallest absolute Gasteiger partial charge is 0.220 e. The number of aliphatic hydroxyl groups is 1. The summed E-state index contributed by atoms with van der Waals surface area (Å²) in [6, 6.07) is 0. The van der Waals surface area contributed by atoms with Gasteiger partial charge in [0.15, 0.2) is 5.76 Å². The number of hydrogen-bond acceptors (Lipinski definition) is 4. The third kappa shape index (κ3) is 3.14. The second-order valence-corrected chi connectivity index (χ2v) is 12.0. The van der Waals surface area contributed by atoms with Gasteiger partial charge in [0, 0.05) is 16.5 Å². The highest BCUT2D eigenvalue weighted by Gasteiger charge is 2.65. The van der Waals surface area contributed by atoms with E-state index in [1.165, 1.54) is 31.3 Å². The molecule has 0 aliphatic heterocycles. The van der Waals surface area contributed by atoms with E-state index < -0.39 is 0 Å². The summed E-state index contributed by atoms with van der Waals surface area (Å²) in [6.07, 6.45) is 14.6. The topological polar surface area (TPSA) is 106 Å². The maximum Gasteiger partial charge on any atom is 0.220 e. The van der Waals surface area contributed by atoms with E-state index in [0.717, 1.165) is 30.4 Å². The Hall–Kier alpha value is -2.14. The molecule has 5 N–H and O–H groups in total. The van der Waals surface area contributed by atoms with Crippen LogP contribution >= 0.6 is 0 Å². The van der Waals surface area contributed by atoms with Gasteiger partial charge in [0.05, 0.1) is 0 Å². The molecular weight excluding hydrogens is 412 g/mol. The molecule has 0 bridgehead atoms. The number of amides is 1. The number of ketones is 1. The monoisotopic (exact) mass is 452 g/mol. The maximum absolute atomic E-state index is 12.5. The third-order valence-corrected chi connectivity index (χ3v) is 10.3. The van der Waals surface area contributed by atoms with E-state index in [-0.39, 0.29) is 39.7 Å². The van der Waals surface area contributed by atoms with Crippen LogP contribution in [0.25, 0.3) is 0 Å². The minimum Gasteiger partial charge on any atom is -0.504 e. The van der Waals surface area contributed by atoms with Crippen molar-refractivity contribution in [1.29, 1.82) is 0 Å². The fourth-order valence-corrected chi connectivity index (χ4v) is 8.30. The zero-order valence-electron chi connectivity index (χ0n) is 20.8. The first-order valence-corrected chi connectivity index (χ1v) is 12.4. The number of nitrogens with two attached hydrogens (primary N) is 2. The fraction of sp³-hybridized carbons (Fsp3) is 0.643. The molecule has 0 radical (unpaired) electrons. The molecule has 0 aromatic rings. The number of fused-ring (bicyclic) bond motifs is 7. The molecule has 0 heterocycles. The first-order valence-electron chi connectivity index (χ1n) is 12.4. The molecule has 0 saturated heterocycles. The molecule has 5 aliphatic carbocycles. The van der Waals surface area contributed by atoms with E-state index in [9.17, 15) is 9.90 Å². The largest absolute Gasteiger partial charge is 0.504 e. The van der Waals surface area contributed by atoms with Crippen LogP contribution in [0, 0.1) is 28.1 Å². The van der Waals surface area contributed by atoms with Crippen LogP contribution in [0.4, 0.5) is 0 Å². The lowest BCUT2D eigenvalue weighted by Crippen LogP contribution is -2.70. The number of primary amides is 1. The molecule has 1 amide bonds. The molecule has 33 heavy (non-hydrogen) atoms. The minimum atomic E-state index is -0.248. The summed E-state index contributed by atoms with van der Waals surface area (Å²) in [4.78, 5) is 21.1. The Balaban J connectivity index is 0.000000821. The molecule has 3 fully saturated rings. The average Bonchev–Trinajstić information content (AvgIpc) is 2.74. The van der Waals surface area contributed by atoms with Crippen LogP contribution in [0.1, 0.15) is 79.6 Å². The Bertz CT molecular complexity index is 1020. The van der Waals surface area contributed by atoms with Crippen LogP contribution < -0.4 is 11.5 Å². The van der Waals surface area contributed by atoms with Gasteiger partial charge >= 0.3 is 0 Å². The molecule has 0 spiro atoms. The van der Waals surface area contributed by atoms with Gasteiger partial charge < -0.3 is 16.6 Å². The summed E-state index contributed by atoms with van der Waals surface area (Å²) in [7, 11) is 0. The lowest BCUT2D eigenvalue weighted by molar-refractivity contribution is -0.114. The molecule has 0 aromatic heterocycles. The van der Waals surface area contributed by atoms with Crippen LogP contribution in [0.2, 0.25) is 0 Å². The summed E-state index contributed by atoms with van der Waals surface area (Å²) in [5.41, 5.74) is 16.0. The highest BCUT2D eigenvalue weighted by Crippen LogP contribution is 2.70. The van der Waals surface area contributed by atoms with Crippen LogP contribution in [-0.2, 0) is 9.59 Å². The van der Waals surface area contributed by atoms with Gasteiger partial charge in [0.25, 0.3) is 0 Å². The molecule has 5 nitrogen and oxygen atoms in total. The van der Waals surface area contributed by atoms with Crippen LogP contribution in [0.3, 0.4) is 0 Å². The summed E-state index contributed by atoms with van der Waals surface area (Å²) in [5, 5.41) is 10.2. The predicted molar refractivity (Wildman–Crippen MR) is 131 cm³/mol. The van der Waals surface area contributed by atoms with Crippen molar-refractivity contribution < 1.29 is 14.7 Å². The van der Waals surface area contributed by atoms with Crippen molar-refractivity contribution in [3.05, 3.63) is 46.3 Å². The van der Waals surface area contributed by atoms with Gasteiger partial charge in [0.1, 0.15) is 0 Å². The zero-order valence-corrected chi connectivity index (χ0v) is 20.8. The fourth-order valence-electron chi connectivity index (χ4n) is 8.30. The minimum absolute atomic E-state index is 0.0569. The van der Waals surface area contributed by atoms with Crippen molar-refractivity contribution in [2.75, 3.05) is 0 Å². The number of carbonyl (C=O) groups is 2. The second kappa shape index (κ2) is 7.69. The third-order valence-electron chi connectivity index (χ3n) is 10.3. The standard InChI is InChI=1S/C27H37NO2.CH3NO/c1-16-8-10-24(3)12-13-26(5)21-7-6-18-17(2)23(30)20(29)14-19(18)25(21,4)11-9-22(26)27(24,28)15-16;2-1-3/h6-7,14,16,22,30H,8-13,15,28H2,1-5H3;1H,(H2,2,3). The molecule has 5 rings (SSSR count). The van der Waals surface area contributed by atoms with Crippen molar-refractivity contribution in [1.82, 2.24) is 0 Å². The van der Waals surface area contributed by atoms with Gasteiger partial charge in [-0.15, -0.1) is 0 Å². The first kappa shape index (κ1) is 24.0. The van der Waals surface area contributed by atoms with Crippen molar-refractivity contribution in [2.45, 2.75) is 85.1 Å². The van der Waals surface area contributed by atoms with Crippen LogP contribution in [0.5, 0.6) is 0 Å². The number of aliphatic hydroxyl groups excluding tert-OH is 1. The normalized spacial score (nSPS) is 43.9. The Morgan fingerprint density at radius 1 is 1.09 bits per heavy atom. The SMILES string of the molecule is CC1=C(O)C(=O)C=C2C1=CC=C1C2(C)CCC2C1(C)CCC1(C)CCC(C)CC21N.NC=O. The highest BCUT2D eigenvalue weighted by molar-refractivity contribution is 6.06. The second-order valence-electron chi connectivity index (χ2n) is 12.0. The number of carbonyl (C=O) groups excluding carboxylic acids is 2. The molecule has 180 valence electrons. The van der Waals surface area contributed by atoms with E-state index in [4.69, 9.17) is 10.5 Å². The molecule has 6 unspecified atom stereocenters. The van der Waals surface area contributed by atoms with Crippen LogP contribution in [0.15, 0.2) is 46.3 Å². The zero-order chi connectivity index (χ0) is 24.4. The molecule has 6 atom stereocenters. The van der Waals surface area contributed by atoms with E-state index in [2.05, 4.69) is 45.6 Å². The maximum atomic E-state index is 12.5. The number of allylic oxidation sites excluding steroid dienone is 7. The Kier molecular flexibility index (Phi) is 5.59. The summed E-state index contributed by atoms with van der Waals surface area (Å²) < 4.78 is 0. The average molecular weight is 453 g/mol. The summed E-state index contributed by atoms with van der Waals surface area (Å²) >= 11 is 0. The Morgan fingerprint density at radius 3 is 2.42 bits per heavy atom. The summed E-state index contributed by atoms with van der Waals surface area (Å²) in [5.74, 6) is 0.823. The lowest BCUT2D eigenvalue weighted by atomic mass is 9.38. The molecule has 5 aliphatic rings. The van der Waals surface area contributed by atoms with Gasteiger partial charge in [-0.2, -0.15) is 0 Å². The quantitative estimate of drug-likeness (QED) is 0.448. The summed E-state index contributed by atoms with van der Waals surface area (Å²) in [6.45, 7) is 11.5. The van der Waals surface area contributed by atoms with Gasteiger partial charge in [-0.05, 0) is 85.3 Å². The van der Waals surface area contributed by atoms with Crippen molar-refractivity contribution in [2.24, 2.45) is 39.5 Å².